The van der Waals surface area contributed by atoms with Crippen LogP contribution < -0.4 is 0 Å². The van der Waals surface area contributed by atoms with Crippen LogP contribution in [0, 0.1) is 0 Å². The van der Waals surface area contributed by atoms with Gasteiger partial charge >= 0.3 is 5.97 Å². The number of carbonyl (C=O) groups excluding carboxylic acids is 5. The van der Waals surface area contributed by atoms with Crippen LogP contribution in [0.4, 0.5) is 0 Å². The van der Waals surface area contributed by atoms with Gasteiger partial charge in [0.2, 0.25) is 0 Å². The van der Waals surface area contributed by atoms with Crippen molar-refractivity contribution in [1.29, 1.82) is 0 Å². The molecule has 2 aromatic carbocycles. The molecule has 4 amide bonds. The third kappa shape index (κ3) is 3.23. The Morgan fingerprint density at radius 2 is 1.24 bits per heavy atom. The van der Waals surface area contributed by atoms with Gasteiger partial charge in [-0.05, 0) is 31.2 Å². The Balaban J connectivity index is 1.91. The van der Waals surface area contributed by atoms with E-state index in [-0.39, 0.29) is 45.4 Å². The van der Waals surface area contributed by atoms with Gasteiger partial charge in [0, 0.05) is 38.8 Å². The van der Waals surface area contributed by atoms with Gasteiger partial charge in [-0.1, -0.05) is 0 Å². The van der Waals surface area contributed by atoms with Gasteiger partial charge in [0.15, 0.2) is 0 Å². The minimum Gasteiger partial charge on any atom is -0.464 e. The summed E-state index contributed by atoms with van der Waals surface area (Å²) in [5.74, 6) is -3.98. The van der Waals surface area contributed by atoms with E-state index >= 15 is 0 Å². The van der Waals surface area contributed by atoms with Crippen LogP contribution in [-0.4, -0.2) is 87.3 Å². The number of imide groups is 2. The maximum Gasteiger partial charge on any atom is 0.330 e. The molecule has 0 saturated heterocycles. The Hall–Kier alpha value is -3.28. The molecular weight excluding hydrogens is 452 g/mol. The lowest BCUT2D eigenvalue weighted by atomic mass is 9.85. The Kier molecular flexibility index (Phi) is 5.95. The lowest BCUT2D eigenvalue weighted by Crippen LogP contribution is -2.53. The van der Waals surface area contributed by atoms with Crippen LogP contribution >= 0.6 is 12.6 Å². The van der Waals surface area contributed by atoms with E-state index in [1.54, 1.807) is 6.92 Å². The molecule has 172 valence electrons. The van der Waals surface area contributed by atoms with Crippen molar-refractivity contribution in [2.45, 2.75) is 19.0 Å². The molecule has 0 saturated carbocycles. The normalized spacial score (nSPS) is 16.2. The summed E-state index contributed by atoms with van der Waals surface area (Å²) in [5, 5.41) is 19.3. The predicted octanol–water partition coefficient (Wildman–Crippen LogP) is 0.246. The van der Waals surface area contributed by atoms with Crippen molar-refractivity contribution in [2.75, 3.05) is 25.6 Å². The summed E-state index contributed by atoms with van der Waals surface area (Å²) in [6, 6.07) is 3.02. The largest absolute Gasteiger partial charge is 0.464 e. The fraction of sp³-hybridized carbons (Fsp3) is 0.318. The molecule has 10 nitrogen and oxygen atoms in total. The molecule has 11 heteroatoms. The van der Waals surface area contributed by atoms with Crippen molar-refractivity contribution in [3.05, 3.63) is 46.5 Å². The molecule has 0 aromatic heterocycles. The summed E-state index contributed by atoms with van der Waals surface area (Å²) in [6.07, 6.45) is 0. The van der Waals surface area contributed by atoms with Gasteiger partial charge in [0.25, 0.3) is 23.6 Å². The highest BCUT2D eigenvalue weighted by Crippen LogP contribution is 2.38. The highest BCUT2D eigenvalue weighted by molar-refractivity contribution is 7.80. The molecule has 2 N–H and O–H groups in total. The van der Waals surface area contributed by atoms with E-state index in [2.05, 4.69) is 12.6 Å². The second-order valence-corrected chi connectivity index (χ2v) is 7.87. The van der Waals surface area contributed by atoms with E-state index in [4.69, 9.17) is 4.74 Å². The first-order valence-corrected chi connectivity index (χ1v) is 10.8. The van der Waals surface area contributed by atoms with Gasteiger partial charge in [-0.2, -0.15) is 12.6 Å². The number of esters is 1. The smallest absolute Gasteiger partial charge is 0.330 e. The van der Waals surface area contributed by atoms with Gasteiger partial charge < -0.3 is 14.9 Å². The van der Waals surface area contributed by atoms with Crippen molar-refractivity contribution in [2.24, 2.45) is 0 Å². The average Bonchev–Trinajstić information content (AvgIpc) is 2.81. The first kappa shape index (κ1) is 22.9. The molecule has 33 heavy (non-hydrogen) atoms. The summed E-state index contributed by atoms with van der Waals surface area (Å²) in [7, 11) is 0. The van der Waals surface area contributed by atoms with E-state index in [1.165, 1.54) is 24.3 Å². The quantitative estimate of drug-likeness (QED) is 0.296. The molecule has 1 unspecified atom stereocenters. The molecular formula is C22H20N2O8S. The Morgan fingerprint density at radius 3 is 1.58 bits per heavy atom. The highest BCUT2D eigenvalue weighted by Gasteiger charge is 2.44. The van der Waals surface area contributed by atoms with E-state index < -0.39 is 54.9 Å². The SMILES string of the molecule is CCOC(=O)C(CS)N1C(=O)c2ccc3c4c(ccc(c24)C1=O)C(=O)N(C(CO)CO)C3=O. The summed E-state index contributed by atoms with van der Waals surface area (Å²) >= 11 is 4.11. The number of nitrogens with zero attached hydrogens (tertiary/aromatic N) is 2. The van der Waals surface area contributed by atoms with Gasteiger partial charge in [-0.3, -0.25) is 29.0 Å². The molecule has 2 aliphatic heterocycles. The van der Waals surface area contributed by atoms with Crippen LogP contribution in [-0.2, 0) is 9.53 Å². The third-order valence-electron chi connectivity index (χ3n) is 5.79. The second kappa shape index (κ2) is 8.58. The average molecular weight is 472 g/mol. The monoisotopic (exact) mass is 472 g/mol. The zero-order valence-corrected chi connectivity index (χ0v) is 18.4. The van der Waals surface area contributed by atoms with E-state index in [1.807, 2.05) is 0 Å². The molecule has 0 aliphatic carbocycles. The first-order chi connectivity index (χ1) is 15.8. The molecule has 0 bridgehead atoms. The minimum absolute atomic E-state index is 0.0520. The van der Waals surface area contributed by atoms with Crippen LogP contribution in [0.2, 0.25) is 0 Å². The second-order valence-electron chi connectivity index (χ2n) is 7.50. The first-order valence-electron chi connectivity index (χ1n) is 10.2. The standard InChI is InChI=1S/C22H20N2O8S/c1-2-32-22(31)15(9-33)24-20(29)13-5-3-11-16-12(4-6-14(17(13)16)21(24)30)19(28)23(18(11)27)10(7-25)8-26/h3-6,10,15,25-26,33H,2,7-9H2,1H3. The third-order valence-corrected chi connectivity index (χ3v) is 6.13. The van der Waals surface area contributed by atoms with Crippen molar-refractivity contribution in [1.82, 2.24) is 9.80 Å². The summed E-state index contributed by atoms with van der Waals surface area (Å²) in [5.41, 5.74) is 0.219. The number of aliphatic hydroxyl groups excluding tert-OH is 2. The number of hydrogen-bond donors (Lipinski definition) is 3. The van der Waals surface area contributed by atoms with Crippen molar-refractivity contribution >= 4 is 53.0 Å². The Labute approximate surface area is 193 Å². The molecule has 2 heterocycles. The summed E-state index contributed by atoms with van der Waals surface area (Å²) < 4.78 is 4.98. The number of ether oxygens (including phenoxy) is 1. The zero-order valence-electron chi connectivity index (χ0n) is 17.5. The minimum atomic E-state index is -1.25. The Bertz CT molecular complexity index is 1150. The van der Waals surface area contributed by atoms with Crippen LogP contribution in [0.3, 0.4) is 0 Å². The van der Waals surface area contributed by atoms with E-state index in [9.17, 15) is 34.2 Å². The van der Waals surface area contributed by atoms with Gasteiger partial charge in [0.1, 0.15) is 6.04 Å². The van der Waals surface area contributed by atoms with E-state index in [0.717, 1.165) is 9.80 Å². The lowest BCUT2D eigenvalue weighted by molar-refractivity contribution is -0.147. The summed E-state index contributed by atoms with van der Waals surface area (Å²) in [4.78, 5) is 66.7. The topological polar surface area (TPSA) is 142 Å². The molecule has 0 radical (unpaired) electrons. The predicted molar refractivity (Wildman–Crippen MR) is 117 cm³/mol. The van der Waals surface area contributed by atoms with E-state index in [0.29, 0.717) is 0 Å². The molecule has 2 aliphatic rings. The number of hydrogen-bond acceptors (Lipinski definition) is 9. The van der Waals surface area contributed by atoms with Crippen LogP contribution in [0.1, 0.15) is 48.4 Å². The fourth-order valence-corrected chi connectivity index (χ4v) is 4.56. The number of rotatable bonds is 7. The number of aliphatic hydroxyl groups is 2. The highest BCUT2D eigenvalue weighted by atomic mass is 32.1. The van der Waals surface area contributed by atoms with Crippen molar-refractivity contribution in [3.63, 3.8) is 0 Å². The fourth-order valence-electron chi connectivity index (χ4n) is 4.25. The zero-order chi connectivity index (χ0) is 24.0. The number of carbonyl (C=O) groups is 5. The number of benzene rings is 2. The number of thiol groups is 1. The van der Waals surface area contributed by atoms with Crippen LogP contribution in [0.15, 0.2) is 24.3 Å². The van der Waals surface area contributed by atoms with Crippen LogP contribution in [0.25, 0.3) is 10.8 Å². The summed E-state index contributed by atoms with van der Waals surface area (Å²) in [6.45, 7) is 0.392. The molecule has 0 fully saturated rings. The van der Waals surface area contributed by atoms with Crippen molar-refractivity contribution in [3.8, 4) is 0 Å². The van der Waals surface area contributed by atoms with Gasteiger partial charge in [0.05, 0.1) is 25.9 Å². The Morgan fingerprint density at radius 1 is 0.848 bits per heavy atom. The molecule has 4 rings (SSSR count). The maximum absolute atomic E-state index is 13.3. The molecule has 2 aromatic rings. The van der Waals surface area contributed by atoms with Crippen LogP contribution in [0.5, 0.6) is 0 Å². The molecule has 0 spiro atoms. The van der Waals surface area contributed by atoms with Gasteiger partial charge in [-0.15, -0.1) is 0 Å². The van der Waals surface area contributed by atoms with Crippen molar-refractivity contribution < 1.29 is 38.9 Å². The lowest BCUT2D eigenvalue weighted by Gasteiger charge is -2.35. The molecule has 1 atom stereocenters. The number of amides is 4. The van der Waals surface area contributed by atoms with Gasteiger partial charge in [-0.25, -0.2) is 4.79 Å². The maximum atomic E-state index is 13.3.